The van der Waals surface area contributed by atoms with E-state index in [0.717, 1.165) is 42.2 Å². The zero-order chi connectivity index (χ0) is 11.5. The van der Waals surface area contributed by atoms with Crippen LogP contribution in [0.5, 0.6) is 0 Å². The fraction of sp³-hybridized carbons (Fsp3) is 0.500. The Kier molecular flexibility index (Phi) is 3.20. The van der Waals surface area contributed by atoms with E-state index in [1.165, 1.54) is 6.42 Å². The molecule has 0 amide bonds. The largest absolute Gasteiger partial charge is 0.381 e. The predicted molar refractivity (Wildman–Crippen MR) is 69.4 cm³/mol. The van der Waals surface area contributed by atoms with Crippen molar-refractivity contribution in [2.75, 3.05) is 25.1 Å². The molecule has 2 aromatic heterocycles. The van der Waals surface area contributed by atoms with Crippen molar-refractivity contribution in [2.24, 2.45) is 5.92 Å². The molecular formula is C12H15N3OS. The van der Waals surface area contributed by atoms with E-state index in [0.29, 0.717) is 5.92 Å². The molecule has 0 saturated carbocycles. The molecule has 1 aliphatic rings. The first-order valence-electron chi connectivity index (χ1n) is 5.93. The quantitative estimate of drug-likeness (QED) is 0.904. The van der Waals surface area contributed by atoms with E-state index in [9.17, 15) is 0 Å². The summed E-state index contributed by atoms with van der Waals surface area (Å²) in [7, 11) is 0. The number of ether oxygens (including phenoxy) is 1. The molecule has 0 aliphatic carbocycles. The van der Waals surface area contributed by atoms with Gasteiger partial charge in [-0.3, -0.25) is 0 Å². The molecule has 0 aromatic carbocycles. The van der Waals surface area contributed by atoms with Gasteiger partial charge < -0.3 is 10.1 Å². The lowest BCUT2D eigenvalue weighted by Crippen LogP contribution is -2.10. The number of nitrogens with zero attached hydrogens (tertiary/aromatic N) is 2. The van der Waals surface area contributed by atoms with Gasteiger partial charge in [0.2, 0.25) is 0 Å². The van der Waals surface area contributed by atoms with Crippen LogP contribution in [0.2, 0.25) is 0 Å². The molecule has 1 atom stereocenters. The second-order valence-electron chi connectivity index (χ2n) is 4.31. The molecule has 1 saturated heterocycles. The Bertz CT molecular complexity index is 493. The Morgan fingerprint density at radius 3 is 3.35 bits per heavy atom. The normalized spacial score (nSPS) is 19.9. The van der Waals surface area contributed by atoms with Crippen LogP contribution < -0.4 is 5.32 Å². The lowest BCUT2D eigenvalue weighted by Gasteiger charge is -2.09. The van der Waals surface area contributed by atoms with E-state index >= 15 is 0 Å². The number of anilines is 1. The zero-order valence-electron chi connectivity index (χ0n) is 9.56. The van der Waals surface area contributed by atoms with Crippen LogP contribution in [0.25, 0.3) is 10.2 Å². The van der Waals surface area contributed by atoms with Gasteiger partial charge in [-0.25, -0.2) is 9.97 Å². The Labute approximate surface area is 104 Å². The highest BCUT2D eigenvalue weighted by molar-refractivity contribution is 7.16. The van der Waals surface area contributed by atoms with E-state index < -0.39 is 0 Å². The van der Waals surface area contributed by atoms with Crippen molar-refractivity contribution >= 4 is 27.4 Å². The van der Waals surface area contributed by atoms with Crippen molar-refractivity contribution in [3.63, 3.8) is 0 Å². The van der Waals surface area contributed by atoms with Crippen LogP contribution in [-0.2, 0) is 4.74 Å². The number of hydrogen-bond acceptors (Lipinski definition) is 5. The molecule has 1 aliphatic heterocycles. The van der Waals surface area contributed by atoms with E-state index in [1.54, 1.807) is 17.7 Å². The minimum atomic E-state index is 0.710. The van der Waals surface area contributed by atoms with Crippen LogP contribution in [0.4, 0.5) is 5.82 Å². The number of nitrogens with one attached hydrogen (secondary N) is 1. The molecule has 0 spiro atoms. The topological polar surface area (TPSA) is 47.0 Å². The Balaban J connectivity index is 1.62. The minimum absolute atomic E-state index is 0.710. The van der Waals surface area contributed by atoms with Crippen LogP contribution in [0.3, 0.4) is 0 Å². The maximum Gasteiger partial charge on any atom is 0.138 e. The summed E-state index contributed by atoms with van der Waals surface area (Å²) in [5, 5.41) is 6.58. The number of hydrogen-bond donors (Lipinski definition) is 1. The first kappa shape index (κ1) is 10.9. The number of thiophene rings is 1. The van der Waals surface area contributed by atoms with Gasteiger partial charge in [-0.1, -0.05) is 0 Å². The number of aromatic nitrogens is 2. The minimum Gasteiger partial charge on any atom is -0.381 e. The average molecular weight is 249 g/mol. The molecular weight excluding hydrogens is 234 g/mol. The van der Waals surface area contributed by atoms with E-state index in [1.807, 2.05) is 0 Å². The van der Waals surface area contributed by atoms with Gasteiger partial charge in [0.1, 0.15) is 17.0 Å². The van der Waals surface area contributed by atoms with Gasteiger partial charge in [0.05, 0.1) is 5.39 Å². The standard InChI is InChI=1S/C12H15N3OS/c1(9-2-5-16-7-9)4-13-11-10-3-6-17-12(10)15-8-14-11/h3,6,8-9H,1-2,4-5,7H2,(H,13,14,15). The molecule has 0 bridgehead atoms. The van der Waals surface area contributed by atoms with Crippen LogP contribution in [-0.4, -0.2) is 29.7 Å². The summed E-state index contributed by atoms with van der Waals surface area (Å²) in [5.74, 6) is 1.66. The third kappa shape index (κ3) is 2.40. The predicted octanol–water partition coefficient (Wildman–Crippen LogP) is 2.53. The maximum atomic E-state index is 5.37. The summed E-state index contributed by atoms with van der Waals surface area (Å²) in [5.41, 5.74) is 0. The molecule has 0 radical (unpaired) electrons. The third-order valence-electron chi connectivity index (χ3n) is 3.13. The Hall–Kier alpha value is -1.20. The summed E-state index contributed by atoms with van der Waals surface area (Å²) in [6, 6.07) is 2.07. The van der Waals surface area contributed by atoms with Gasteiger partial charge in [0.25, 0.3) is 0 Å². The lowest BCUT2D eigenvalue weighted by molar-refractivity contribution is 0.185. The van der Waals surface area contributed by atoms with Crippen LogP contribution >= 0.6 is 11.3 Å². The first-order valence-corrected chi connectivity index (χ1v) is 6.81. The summed E-state index contributed by atoms with van der Waals surface area (Å²) >= 11 is 1.65. The Morgan fingerprint density at radius 1 is 1.47 bits per heavy atom. The van der Waals surface area contributed by atoms with Gasteiger partial charge in [-0.15, -0.1) is 11.3 Å². The monoisotopic (exact) mass is 249 g/mol. The average Bonchev–Trinajstić information content (AvgIpc) is 2.99. The summed E-state index contributed by atoms with van der Waals surface area (Å²) in [6.07, 6.45) is 3.97. The Morgan fingerprint density at radius 2 is 2.47 bits per heavy atom. The van der Waals surface area contributed by atoms with E-state index in [2.05, 4.69) is 26.7 Å². The van der Waals surface area contributed by atoms with Crippen LogP contribution in [0, 0.1) is 5.92 Å². The summed E-state index contributed by atoms with van der Waals surface area (Å²) in [4.78, 5) is 9.58. The molecule has 3 heterocycles. The highest BCUT2D eigenvalue weighted by Crippen LogP contribution is 2.24. The zero-order valence-corrected chi connectivity index (χ0v) is 10.4. The summed E-state index contributed by atoms with van der Waals surface area (Å²) < 4.78 is 5.37. The fourth-order valence-corrected chi connectivity index (χ4v) is 2.87. The van der Waals surface area contributed by atoms with Crippen molar-refractivity contribution in [1.82, 2.24) is 9.97 Å². The molecule has 1 fully saturated rings. The second-order valence-corrected chi connectivity index (χ2v) is 5.20. The first-order chi connectivity index (χ1) is 8.43. The molecule has 2 aromatic rings. The van der Waals surface area contributed by atoms with Crippen molar-refractivity contribution in [3.8, 4) is 0 Å². The molecule has 5 heteroatoms. The van der Waals surface area contributed by atoms with Gasteiger partial charge >= 0.3 is 0 Å². The SMILES string of the molecule is c1nc(NCCC2CCOC2)c2ccsc2n1. The molecule has 4 nitrogen and oxygen atoms in total. The fourth-order valence-electron chi connectivity index (χ4n) is 2.14. The highest BCUT2D eigenvalue weighted by Gasteiger charge is 2.15. The molecule has 1 unspecified atom stereocenters. The summed E-state index contributed by atoms with van der Waals surface area (Å²) in [6.45, 7) is 2.79. The van der Waals surface area contributed by atoms with Crippen molar-refractivity contribution < 1.29 is 4.74 Å². The smallest absolute Gasteiger partial charge is 0.138 e. The van der Waals surface area contributed by atoms with E-state index in [4.69, 9.17) is 4.74 Å². The lowest BCUT2D eigenvalue weighted by atomic mass is 10.1. The number of rotatable bonds is 4. The third-order valence-corrected chi connectivity index (χ3v) is 3.95. The van der Waals surface area contributed by atoms with Crippen molar-refractivity contribution in [1.29, 1.82) is 0 Å². The maximum absolute atomic E-state index is 5.37. The number of fused-ring (bicyclic) bond motifs is 1. The van der Waals surface area contributed by atoms with E-state index in [-0.39, 0.29) is 0 Å². The van der Waals surface area contributed by atoms with Gasteiger partial charge in [0.15, 0.2) is 0 Å². The molecule has 1 N–H and O–H groups in total. The van der Waals surface area contributed by atoms with Gasteiger partial charge in [-0.05, 0) is 30.2 Å². The molecule has 90 valence electrons. The second kappa shape index (κ2) is 4.98. The highest BCUT2D eigenvalue weighted by atomic mass is 32.1. The van der Waals surface area contributed by atoms with Crippen LogP contribution in [0.15, 0.2) is 17.8 Å². The molecule has 17 heavy (non-hydrogen) atoms. The van der Waals surface area contributed by atoms with Gasteiger partial charge in [-0.2, -0.15) is 0 Å². The van der Waals surface area contributed by atoms with Gasteiger partial charge in [0, 0.05) is 19.8 Å². The van der Waals surface area contributed by atoms with Crippen molar-refractivity contribution in [3.05, 3.63) is 17.8 Å². The molecule has 3 rings (SSSR count). The van der Waals surface area contributed by atoms with Crippen LogP contribution in [0.1, 0.15) is 12.8 Å². The van der Waals surface area contributed by atoms with Crippen molar-refractivity contribution in [2.45, 2.75) is 12.8 Å².